The molecule has 2 rings (SSSR count). The Hall–Kier alpha value is -2.94. The van der Waals surface area contributed by atoms with Gasteiger partial charge in [-0.1, -0.05) is 12.1 Å². The van der Waals surface area contributed by atoms with E-state index in [1.54, 1.807) is 24.3 Å². The Labute approximate surface area is 151 Å². The molecule has 0 fully saturated rings. The lowest BCUT2D eigenvalue weighted by Gasteiger charge is -2.07. The highest BCUT2D eigenvalue weighted by Gasteiger charge is 2.15. The Kier molecular flexibility index (Phi) is 6.07. The number of ether oxygens (including phenoxy) is 1. The van der Waals surface area contributed by atoms with Crippen molar-refractivity contribution in [2.45, 2.75) is 6.54 Å². The zero-order chi connectivity index (χ0) is 18.4. The van der Waals surface area contributed by atoms with E-state index in [4.69, 9.17) is 0 Å². The maximum absolute atomic E-state index is 12.1. The summed E-state index contributed by atoms with van der Waals surface area (Å²) in [6.45, 7) is 0.237. The number of nitrogens with zero attached hydrogens (tertiary/aromatic N) is 1. The number of rotatable bonds is 5. The van der Waals surface area contributed by atoms with Crippen molar-refractivity contribution in [3.63, 3.8) is 0 Å². The SMILES string of the molecule is COC(=O)Nc1ccc(CNC(=O)c2ccc(Br)c([N+](=O)[O-])c2)cc1. The van der Waals surface area contributed by atoms with Crippen LogP contribution in [0.4, 0.5) is 16.2 Å². The summed E-state index contributed by atoms with van der Waals surface area (Å²) >= 11 is 3.07. The van der Waals surface area contributed by atoms with E-state index in [9.17, 15) is 19.7 Å². The van der Waals surface area contributed by atoms with Gasteiger partial charge in [0.2, 0.25) is 0 Å². The van der Waals surface area contributed by atoms with E-state index in [-0.39, 0.29) is 17.8 Å². The molecule has 8 nitrogen and oxygen atoms in total. The van der Waals surface area contributed by atoms with E-state index in [0.29, 0.717) is 10.2 Å². The van der Waals surface area contributed by atoms with Gasteiger partial charge in [-0.15, -0.1) is 0 Å². The minimum absolute atomic E-state index is 0.175. The van der Waals surface area contributed by atoms with Crippen LogP contribution >= 0.6 is 15.9 Å². The molecule has 0 saturated heterocycles. The molecule has 0 radical (unpaired) electrons. The third kappa shape index (κ3) is 5.01. The van der Waals surface area contributed by atoms with Crippen LogP contribution in [0, 0.1) is 10.1 Å². The molecule has 0 bridgehead atoms. The number of nitro benzene ring substituents is 1. The third-order valence-electron chi connectivity index (χ3n) is 3.24. The summed E-state index contributed by atoms with van der Waals surface area (Å²) < 4.78 is 4.80. The number of hydrogen-bond acceptors (Lipinski definition) is 5. The van der Waals surface area contributed by atoms with E-state index in [2.05, 4.69) is 31.3 Å². The number of nitrogens with one attached hydrogen (secondary N) is 2. The molecular weight excluding hydrogens is 394 g/mol. The molecule has 2 aromatic carbocycles. The molecule has 2 N–H and O–H groups in total. The lowest BCUT2D eigenvalue weighted by Crippen LogP contribution is -2.22. The zero-order valence-electron chi connectivity index (χ0n) is 13.1. The normalized spacial score (nSPS) is 10.0. The van der Waals surface area contributed by atoms with Crippen molar-refractivity contribution < 1.29 is 19.2 Å². The second kappa shape index (κ2) is 8.25. The van der Waals surface area contributed by atoms with Gasteiger partial charge in [-0.05, 0) is 45.8 Å². The summed E-state index contributed by atoms with van der Waals surface area (Å²) in [5.41, 5.74) is 1.38. The van der Waals surface area contributed by atoms with E-state index in [1.807, 2.05) is 0 Å². The number of amides is 2. The second-order valence-corrected chi connectivity index (χ2v) is 5.77. The van der Waals surface area contributed by atoms with E-state index in [1.165, 1.54) is 25.3 Å². The van der Waals surface area contributed by atoms with Gasteiger partial charge in [0.05, 0.1) is 16.5 Å². The summed E-state index contributed by atoms with van der Waals surface area (Å²) in [6, 6.07) is 11.0. The average molecular weight is 408 g/mol. The van der Waals surface area contributed by atoms with Gasteiger partial charge in [0.1, 0.15) is 0 Å². The summed E-state index contributed by atoms with van der Waals surface area (Å²) in [4.78, 5) is 33.6. The summed E-state index contributed by atoms with van der Waals surface area (Å²) in [5, 5.41) is 16.1. The molecule has 25 heavy (non-hydrogen) atoms. The molecule has 0 unspecified atom stereocenters. The molecular formula is C16H14BrN3O5. The number of halogens is 1. The summed E-state index contributed by atoms with van der Waals surface area (Å²) in [7, 11) is 1.27. The zero-order valence-corrected chi connectivity index (χ0v) is 14.7. The largest absolute Gasteiger partial charge is 0.453 e. The average Bonchev–Trinajstić information content (AvgIpc) is 2.60. The molecule has 0 saturated carbocycles. The molecule has 0 atom stereocenters. The fourth-order valence-electron chi connectivity index (χ4n) is 1.95. The maximum atomic E-state index is 12.1. The van der Waals surface area contributed by atoms with Gasteiger partial charge < -0.3 is 10.1 Å². The van der Waals surface area contributed by atoms with Gasteiger partial charge >= 0.3 is 6.09 Å². The van der Waals surface area contributed by atoms with Crippen molar-refractivity contribution in [1.82, 2.24) is 5.32 Å². The van der Waals surface area contributed by atoms with Gasteiger partial charge in [0, 0.05) is 23.9 Å². The smallest absolute Gasteiger partial charge is 0.411 e. The van der Waals surface area contributed by atoms with Crippen molar-refractivity contribution in [3.05, 3.63) is 68.2 Å². The maximum Gasteiger partial charge on any atom is 0.411 e. The Balaban J connectivity index is 1.99. The summed E-state index contributed by atoms with van der Waals surface area (Å²) in [5.74, 6) is -0.424. The van der Waals surface area contributed by atoms with E-state index >= 15 is 0 Å². The Morgan fingerprint density at radius 2 is 1.88 bits per heavy atom. The van der Waals surface area contributed by atoms with Gasteiger partial charge in [0.25, 0.3) is 11.6 Å². The quantitative estimate of drug-likeness (QED) is 0.582. The second-order valence-electron chi connectivity index (χ2n) is 4.92. The number of carbonyl (C=O) groups is 2. The highest BCUT2D eigenvalue weighted by Crippen LogP contribution is 2.25. The Bertz CT molecular complexity index is 808. The fourth-order valence-corrected chi connectivity index (χ4v) is 2.34. The summed E-state index contributed by atoms with van der Waals surface area (Å²) in [6.07, 6.45) is -0.571. The minimum atomic E-state index is -0.571. The van der Waals surface area contributed by atoms with Crippen LogP contribution in [0.5, 0.6) is 0 Å². The van der Waals surface area contributed by atoms with Crippen LogP contribution in [0.2, 0.25) is 0 Å². The van der Waals surface area contributed by atoms with Crippen LogP contribution in [0.15, 0.2) is 46.9 Å². The lowest BCUT2D eigenvalue weighted by molar-refractivity contribution is -0.385. The van der Waals surface area contributed by atoms with Crippen LogP contribution < -0.4 is 10.6 Å². The van der Waals surface area contributed by atoms with Crippen LogP contribution in [0.25, 0.3) is 0 Å². The van der Waals surface area contributed by atoms with Crippen LogP contribution in [-0.2, 0) is 11.3 Å². The molecule has 0 aliphatic rings. The number of hydrogen-bond donors (Lipinski definition) is 2. The molecule has 0 spiro atoms. The van der Waals surface area contributed by atoms with Crippen LogP contribution in [-0.4, -0.2) is 24.0 Å². The van der Waals surface area contributed by atoms with Crippen LogP contribution in [0.3, 0.4) is 0 Å². The molecule has 0 aliphatic heterocycles. The number of carbonyl (C=O) groups excluding carboxylic acids is 2. The van der Waals surface area contributed by atoms with Crippen molar-refractivity contribution in [3.8, 4) is 0 Å². The van der Waals surface area contributed by atoms with E-state index in [0.717, 1.165) is 5.56 Å². The molecule has 130 valence electrons. The molecule has 9 heteroatoms. The molecule has 0 aliphatic carbocycles. The highest BCUT2D eigenvalue weighted by atomic mass is 79.9. The molecule has 0 aromatic heterocycles. The van der Waals surface area contributed by atoms with Crippen molar-refractivity contribution >= 4 is 39.3 Å². The highest BCUT2D eigenvalue weighted by molar-refractivity contribution is 9.10. The van der Waals surface area contributed by atoms with Crippen molar-refractivity contribution in [2.24, 2.45) is 0 Å². The topological polar surface area (TPSA) is 111 Å². The van der Waals surface area contributed by atoms with Crippen LogP contribution in [0.1, 0.15) is 15.9 Å². The van der Waals surface area contributed by atoms with Crippen molar-refractivity contribution in [2.75, 3.05) is 12.4 Å². The third-order valence-corrected chi connectivity index (χ3v) is 3.91. The van der Waals surface area contributed by atoms with E-state index < -0.39 is 16.9 Å². The minimum Gasteiger partial charge on any atom is -0.453 e. The van der Waals surface area contributed by atoms with Gasteiger partial charge in [-0.3, -0.25) is 20.2 Å². The van der Waals surface area contributed by atoms with Crippen molar-refractivity contribution in [1.29, 1.82) is 0 Å². The first-order chi connectivity index (χ1) is 11.9. The number of methoxy groups -OCH3 is 1. The number of anilines is 1. The first-order valence-corrected chi connectivity index (χ1v) is 7.86. The molecule has 2 aromatic rings. The lowest BCUT2D eigenvalue weighted by atomic mass is 10.1. The first-order valence-electron chi connectivity index (χ1n) is 7.06. The van der Waals surface area contributed by atoms with Gasteiger partial charge in [-0.2, -0.15) is 0 Å². The number of nitro groups is 1. The first kappa shape index (κ1) is 18.4. The van der Waals surface area contributed by atoms with Gasteiger partial charge in [-0.25, -0.2) is 4.79 Å². The fraction of sp³-hybridized carbons (Fsp3) is 0.125. The Morgan fingerprint density at radius 3 is 2.48 bits per heavy atom. The standard InChI is InChI=1S/C16H14BrN3O5/c1-25-16(22)19-12-5-2-10(3-6-12)9-18-15(21)11-4-7-13(17)14(8-11)20(23)24/h2-8H,9H2,1H3,(H,18,21)(H,19,22). The van der Waals surface area contributed by atoms with Gasteiger partial charge in [0.15, 0.2) is 0 Å². The molecule has 2 amide bonds. The predicted molar refractivity (Wildman–Crippen MR) is 94.4 cm³/mol. The Morgan fingerprint density at radius 1 is 1.20 bits per heavy atom. The number of benzene rings is 2. The predicted octanol–water partition coefficient (Wildman–Crippen LogP) is 3.47. The monoisotopic (exact) mass is 407 g/mol. The molecule has 0 heterocycles.